The molecule has 88 valence electrons. The van der Waals surface area contributed by atoms with E-state index in [0.717, 1.165) is 0 Å². The van der Waals surface area contributed by atoms with Crippen LogP contribution >= 0.6 is 0 Å². The molecule has 0 amide bonds. The molecule has 1 rings (SSSR count). The summed E-state index contributed by atoms with van der Waals surface area (Å²) in [7, 11) is 2.64. The highest BCUT2D eigenvalue weighted by Crippen LogP contribution is 2.22. The molecule has 2 N–H and O–H groups in total. The van der Waals surface area contributed by atoms with Crippen LogP contribution in [0.4, 0.5) is 0 Å². The predicted molar refractivity (Wildman–Crippen MR) is 48.9 cm³/mol. The van der Waals surface area contributed by atoms with Gasteiger partial charge in [-0.3, -0.25) is 4.79 Å². The predicted octanol–water partition coefficient (Wildman–Crippen LogP) is -0.967. The first-order chi connectivity index (χ1) is 7.08. The van der Waals surface area contributed by atoms with Gasteiger partial charge >= 0.3 is 5.97 Å². The van der Waals surface area contributed by atoms with E-state index in [1.54, 1.807) is 0 Å². The van der Waals surface area contributed by atoms with Crippen LogP contribution in [0.25, 0.3) is 0 Å². The molecule has 6 heteroatoms. The summed E-state index contributed by atoms with van der Waals surface area (Å²) in [4.78, 5) is 11.0. The standard InChI is InChI=1S/C9H16O6/c1-13-7(11)4-5-3-6(10)8(12)9(14-2)15-5/h5-6,8-10,12H,3-4H2,1-2H3/t5?,6?,8?,9-/m0/s1. The molecule has 1 saturated heterocycles. The minimum absolute atomic E-state index is 0.0418. The van der Waals surface area contributed by atoms with Crippen molar-refractivity contribution in [2.24, 2.45) is 0 Å². The Morgan fingerprint density at radius 1 is 1.47 bits per heavy atom. The first-order valence-electron chi connectivity index (χ1n) is 4.69. The average molecular weight is 220 g/mol. The highest BCUT2D eigenvalue weighted by molar-refractivity contribution is 5.69. The van der Waals surface area contributed by atoms with Crippen LogP contribution in [0.5, 0.6) is 0 Å². The Morgan fingerprint density at radius 2 is 2.13 bits per heavy atom. The first kappa shape index (κ1) is 12.4. The van der Waals surface area contributed by atoms with Gasteiger partial charge in [0.1, 0.15) is 6.10 Å². The zero-order chi connectivity index (χ0) is 11.4. The molecule has 0 spiro atoms. The maximum absolute atomic E-state index is 11.0. The zero-order valence-corrected chi connectivity index (χ0v) is 8.75. The molecule has 0 aliphatic carbocycles. The van der Waals surface area contributed by atoms with E-state index in [1.165, 1.54) is 14.2 Å². The van der Waals surface area contributed by atoms with Crippen molar-refractivity contribution in [2.75, 3.05) is 14.2 Å². The van der Waals surface area contributed by atoms with Crippen LogP contribution in [0.2, 0.25) is 0 Å². The number of methoxy groups -OCH3 is 2. The smallest absolute Gasteiger partial charge is 0.308 e. The molecule has 1 fully saturated rings. The van der Waals surface area contributed by atoms with E-state index in [4.69, 9.17) is 9.47 Å². The number of hydrogen-bond acceptors (Lipinski definition) is 6. The first-order valence-corrected chi connectivity index (χ1v) is 4.69. The molecule has 1 aliphatic rings. The third-order valence-electron chi connectivity index (χ3n) is 2.36. The quantitative estimate of drug-likeness (QED) is 0.595. The largest absolute Gasteiger partial charge is 0.469 e. The molecule has 4 atom stereocenters. The fourth-order valence-electron chi connectivity index (χ4n) is 1.51. The van der Waals surface area contributed by atoms with Gasteiger partial charge in [0.25, 0.3) is 0 Å². The Kier molecular flexibility index (Phi) is 4.46. The lowest BCUT2D eigenvalue weighted by Gasteiger charge is -2.35. The van der Waals surface area contributed by atoms with Gasteiger partial charge in [-0.05, 0) is 0 Å². The molecule has 1 aliphatic heterocycles. The summed E-state index contributed by atoms with van der Waals surface area (Å²) in [5.41, 5.74) is 0. The van der Waals surface area contributed by atoms with Crippen molar-refractivity contribution in [1.29, 1.82) is 0 Å². The summed E-state index contributed by atoms with van der Waals surface area (Å²) in [5.74, 6) is -0.418. The second-order valence-corrected chi connectivity index (χ2v) is 3.44. The van der Waals surface area contributed by atoms with Crippen LogP contribution in [0.1, 0.15) is 12.8 Å². The van der Waals surface area contributed by atoms with Gasteiger partial charge in [-0.25, -0.2) is 0 Å². The van der Waals surface area contributed by atoms with Crippen LogP contribution < -0.4 is 0 Å². The van der Waals surface area contributed by atoms with Gasteiger partial charge in [0.15, 0.2) is 6.29 Å². The number of esters is 1. The molecule has 0 aromatic carbocycles. The number of carbonyl (C=O) groups excluding carboxylic acids is 1. The van der Waals surface area contributed by atoms with E-state index in [2.05, 4.69) is 4.74 Å². The highest BCUT2D eigenvalue weighted by atomic mass is 16.7. The Labute approximate surface area is 87.7 Å². The SMILES string of the molecule is COC(=O)CC1CC(O)C(O)[C@@H](OC)O1. The molecular weight excluding hydrogens is 204 g/mol. The molecule has 15 heavy (non-hydrogen) atoms. The normalized spacial score (nSPS) is 36.3. The highest BCUT2D eigenvalue weighted by Gasteiger charge is 2.37. The summed E-state index contributed by atoms with van der Waals surface area (Å²) >= 11 is 0. The van der Waals surface area contributed by atoms with Gasteiger partial charge in [-0.1, -0.05) is 0 Å². The van der Waals surface area contributed by atoms with Crippen molar-refractivity contribution in [2.45, 2.75) is 37.4 Å². The molecule has 0 radical (unpaired) electrons. The van der Waals surface area contributed by atoms with Crippen molar-refractivity contribution >= 4 is 5.97 Å². The third kappa shape index (κ3) is 3.13. The van der Waals surface area contributed by atoms with Gasteiger partial charge in [0.05, 0.1) is 25.7 Å². The number of aliphatic hydroxyl groups is 2. The van der Waals surface area contributed by atoms with E-state index in [0.29, 0.717) is 0 Å². The molecule has 1 heterocycles. The second kappa shape index (κ2) is 5.41. The topological polar surface area (TPSA) is 85.2 Å². The molecule has 3 unspecified atom stereocenters. The zero-order valence-electron chi connectivity index (χ0n) is 8.75. The van der Waals surface area contributed by atoms with Crippen LogP contribution in [-0.4, -0.2) is 55.0 Å². The molecular formula is C9H16O6. The minimum Gasteiger partial charge on any atom is -0.469 e. The number of ether oxygens (including phenoxy) is 3. The Balaban J connectivity index is 2.51. The molecule has 0 saturated carbocycles. The molecule has 6 nitrogen and oxygen atoms in total. The van der Waals surface area contributed by atoms with Gasteiger partial charge in [-0.2, -0.15) is 0 Å². The van der Waals surface area contributed by atoms with Gasteiger partial charge in [0, 0.05) is 13.5 Å². The molecule has 0 aromatic heterocycles. The second-order valence-electron chi connectivity index (χ2n) is 3.44. The summed E-state index contributed by atoms with van der Waals surface area (Å²) in [5, 5.41) is 18.9. The Hall–Kier alpha value is -0.690. The summed E-state index contributed by atoms with van der Waals surface area (Å²) in [6.07, 6.45) is -3.18. The number of hydrogen-bond donors (Lipinski definition) is 2. The van der Waals surface area contributed by atoms with E-state index < -0.39 is 30.6 Å². The van der Waals surface area contributed by atoms with Crippen LogP contribution in [0, 0.1) is 0 Å². The van der Waals surface area contributed by atoms with Crippen molar-refractivity contribution < 1.29 is 29.2 Å². The lowest BCUT2D eigenvalue weighted by Crippen LogP contribution is -2.49. The minimum atomic E-state index is -1.08. The fraction of sp³-hybridized carbons (Fsp3) is 0.889. The Bertz CT molecular complexity index is 219. The average Bonchev–Trinajstić information content (AvgIpc) is 2.22. The number of rotatable bonds is 3. The van der Waals surface area contributed by atoms with E-state index in [-0.39, 0.29) is 12.8 Å². The van der Waals surface area contributed by atoms with Crippen molar-refractivity contribution in [3.63, 3.8) is 0 Å². The summed E-state index contributed by atoms with van der Waals surface area (Å²) < 4.78 is 14.6. The van der Waals surface area contributed by atoms with Gasteiger partial charge < -0.3 is 24.4 Å². The fourth-order valence-corrected chi connectivity index (χ4v) is 1.51. The lowest BCUT2D eigenvalue weighted by atomic mass is 10.0. The van der Waals surface area contributed by atoms with Crippen molar-refractivity contribution in [3.8, 4) is 0 Å². The Morgan fingerprint density at radius 3 is 2.67 bits per heavy atom. The van der Waals surface area contributed by atoms with Crippen molar-refractivity contribution in [3.05, 3.63) is 0 Å². The monoisotopic (exact) mass is 220 g/mol. The summed E-state index contributed by atoms with van der Waals surface area (Å²) in [6.45, 7) is 0. The van der Waals surface area contributed by atoms with Crippen LogP contribution in [0.15, 0.2) is 0 Å². The maximum atomic E-state index is 11.0. The van der Waals surface area contributed by atoms with Gasteiger partial charge in [-0.15, -0.1) is 0 Å². The molecule has 0 bridgehead atoms. The number of aliphatic hydroxyl groups excluding tert-OH is 2. The van der Waals surface area contributed by atoms with Gasteiger partial charge in [0.2, 0.25) is 0 Å². The van der Waals surface area contributed by atoms with E-state index in [1.807, 2.05) is 0 Å². The van der Waals surface area contributed by atoms with E-state index >= 15 is 0 Å². The third-order valence-corrected chi connectivity index (χ3v) is 2.36. The van der Waals surface area contributed by atoms with Crippen LogP contribution in [0.3, 0.4) is 0 Å². The van der Waals surface area contributed by atoms with E-state index in [9.17, 15) is 15.0 Å². The maximum Gasteiger partial charge on any atom is 0.308 e. The van der Waals surface area contributed by atoms with Crippen molar-refractivity contribution in [1.82, 2.24) is 0 Å². The lowest BCUT2D eigenvalue weighted by molar-refractivity contribution is -0.258. The molecule has 0 aromatic rings. The number of carbonyl (C=O) groups is 1. The van der Waals surface area contributed by atoms with Crippen LogP contribution in [-0.2, 0) is 19.0 Å². The summed E-state index contributed by atoms with van der Waals surface area (Å²) in [6, 6.07) is 0.